The van der Waals surface area contributed by atoms with Gasteiger partial charge in [-0.15, -0.1) is 0 Å². The Hall–Kier alpha value is -2.59. The maximum Gasteiger partial charge on any atom is 0.264 e. The van der Waals surface area contributed by atoms with E-state index in [1.807, 2.05) is 37.3 Å². The van der Waals surface area contributed by atoms with E-state index >= 15 is 0 Å². The molecular formula is C35H45ClN2O6S. The first-order valence-electron chi connectivity index (χ1n) is 16.5. The molecule has 244 valence electrons. The van der Waals surface area contributed by atoms with E-state index in [0.717, 1.165) is 62.7 Å². The molecule has 1 aliphatic carbocycles. The molecule has 2 N–H and O–H groups in total. The second-order valence-electron chi connectivity index (χ2n) is 13.3. The normalized spacial score (nSPS) is 31.3. The smallest absolute Gasteiger partial charge is 0.264 e. The first kappa shape index (κ1) is 32.4. The fourth-order valence-corrected chi connectivity index (χ4v) is 9.29. The Morgan fingerprint density at radius 2 is 1.93 bits per heavy atom. The van der Waals surface area contributed by atoms with Crippen molar-refractivity contribution in [1.82, 2.24) is 4.72 Å². The molecule has 3 aliphatic heterocycles. The van der Waals surface area contributed by atoms with Gasteiger partial charge in [-0.2, -0.15) is 0 Å². The minimum Gasteiger partial charge on any atom is -0.487 e. The Balaban J connectivity index is 1.36. The number of hydrogen-bond acceptors (Lipinski definition) is 7. The van der Waals surface area contributed by atoms with E-state index in [4.69, 9.17) is 21.1 Å². The van der Waals surface area contributed by atoms with Crippen LogP contribution in [-0.2, 0) is 27.8 Å². The van der Waals surface area contributed by atoms with Gasteiger partial charge >= 0.3 is 0 Å². The van der Waals surface area contributed by atoms with Crippen LogP contribution in [0.5, 0.6) is 5.75 Å². The standard InChI is InChI=1S/C35H45ClN2O6S/c1-23-6-4-9-32(39)30-14-11-26(30)21-38-16-3-2-7-24-18-28(36)13-10-27(24)22-44-33-15-12-25(19-31(33)38)35(40)37-45(41,42)34(23)20-29-8-5-17-43-29/h4,9-10,12-13,15,18-19,23,26,29-30,32,34,39H,2-3,5-8,11,14,16-17,20-22H2,1H3,(H,37,40)/b9-4+/t23-,26+,29+,30-,32+,34-/m1/s1. The van der Waals surface area contributed by atoms with Crippen molar-refractivity contribution in [3.05, 3.63) is 70.3 Å². The average Bonchev–Trinajstić information content (AvgIpc) is 3.50. The van der Waals surface area contributed by atoms with Crippen LogP contribution in [0.25, 0.3) is 0 Å². The van der Waals surface area contributed by atoms with E-state index in [0.29, 0.717) is 43.4 Å². The maximum atomic E-state index is 13.8. The molecule has 10 heteroatoms. The summed E-state index contributed by atoms with van der Waals surface area (Å²) in [5, 5.41) is 11.1. The van der Waals surface area contributed by atoms with Crippen molar-refractivity contribution >= 4 is 33.2 Å². The number of carbonyl (C=O) groups excluding carboxylic acids is 1. The Morgan fingerprint density at radius 3 is 2.71 bits per heavy atom. The Bertz CT molecular complexity index is 1510. The number of aliphatic hydroxyl groups is 1. The molecule has 1 amide bonds. The second kappa shape index (κ2) is 14.0. The lowest BCUT2D eigenvalue weighted by molar-refractivity contribution is 0.0460. The van der Waals surface area contributed by atoms with E-state index in [9.17, 15) is 18.3 Å². The van der Waals surface area contributed by atoms with Crippen LogP contribution < -0.4 is 14.4 Å². The molecule has 0 radical (unpaired) electrons. The van der Waals surface area contributed by atoms with Gasteiger partial charge in [0, 0.05) is 30.3 Å². The number of carbonyl (C=O) groups is 1. The van der Waals surface area contributed by atoms with Crippen molar-refractivity contribution in [3.63, 3.8) is 0 Å². The molecule has 4 aliphatic rings. The number of sulfonamides is 1. The van der Waals surface area contributed by atoms with Crippen LogP contribution in [0.1, 0.15) is 79.8 Å². The molecule has 0 unspecified atom stereocenters. The lowest BCUT2D eigenvalue weighted by Gasteiger charge is -2.42. The topological polar surface area (TPSA) is 105 Å². The third-order valence-corrected chi connectivity index (χ3v) is 12.4. The van der Waals surface area contributed by atoms with Crippen molar-refractivity contribution in [2.45, 2.75) is 88.8 Å². The molecule has 3 heterocycles. The van der Waals surface area contributed by atoms with Crippen LogP contribution in [0.2, 0.25) is 5.02 Å². The number of fused-ring (bicyclic) bond motifs is 3. The first-order valence-corrected chi connectivity index (χ1v) is 18.4. The van der Waals surface area contributed by atoms with Gasteiger partial charge in [-0.25, -0.2) is 13.1 Å². The number of anilines is 1. The summed E-state index contributed by atoms with van der Waals surface area (Å²) in [6, 6.07) is 11.1. The van der Waals surface area contributed by atoms with Crippen LogP contribution in [0, 0.1) is 17.8 Å². The van der Waals surface area contributed by atoms with Crippen molar-refractivity contribution in [3.8, 4) is 5.75 Å². The van der Waals surface area contributed by atoms with Gasteiger partial charge in [0.15, 0.2) is 0 Å². The predicted molar refractivity (Wildman–Crippen MR) is 176 cm³/mol. The number of aryl methyl sites for hydroxylation is 1. The predicted octanol–water partition coefficient (Wildman–Crippen LogP) is 6.04. The number of benzene rings is 2. The fourth-order valence-electron chi connectivity index (χ4n) is 7.38. The van der Waals surface area contributed by atoms with Crippen LogP contribution in [0.4, 0.5) is 5.69 Å². The van der Waals surface area contributed by atoms with E-state index in [1.54, 1.807) is 18.2 Å². The number of allylic oxidation sites excluding steroid dienone is 1. The zero-order chi connectivity index (χ0) is 31.6. The molecular weight excluding hydrogens is 612 g/mol. The van der Waals surface area contributed by atoms with Crippen LogP contribution in [-0.4, -0.2) is 56.6 Å². The van der Waals surface area contributed by atoms with Gasteiger partial charge in [0.1, 0.15) is 12.4 Å². The SMILES string of the molecule is C[C@@H]1C/C=C/[C@H](O)[C@@H]2CC[C@H]2CN2CCCCc3cc(Cl)ccc3COc3ccc(cc32)C(=O)NS(=O)(=O)[C@@H]1C[C@@H]1CCCO1. The fraction of sp³-hybridized carbons (Fsp3) is 0.571. The molecule has 2 fully saturated rings. The summed E-state index contributed by atoms with van der Waals surface area (Å²) in [4.78, 5) is 15.9. The van der Waals surface area contributed by atoms with Gasteiger partial charge < -0.3 is 19.5 Å². The van der Waals surface area contributed by atoms with Gasteiger partial charge in [-0.3, -0.25) is 4.79 Å². The quantitative estimate of drug-likeness (QED) is 0.380. The molecule has 2 aromatic rings. The minimum atomic E-state index is -4.04. The summed E-state index contributed by atoms with van der Waals surface area (Å²) in [5.74, 6) is 0.128. The summed E-state index contributed by atoms with van der Waals surface area (Å²) in [6.07, 6.45) is 10.3. The summed E-state index contributed by atoms with van der Waals surface area (Å²) >= 11 is 6.33. The van der Waals surface area contributed by atoms with Gasteiger partial charge in [0.2, 0.25) is 10.0 Å². The lowest BCUT2D eigenvalue weighted by atomic mass is 9.70. The highest BCUT2D eigenvalue weighted by Crippen LogP contribution is 2.41. The highest BCUT2D eigenvalue weighted by molar-refractivity contribution is 7.90. The number of nitrogens with zero attached hydrogens (tertiary/aromatic N) is 1. The molecule has 0 aromatic heterocycles. The summed E-state index contributed by atoms with van der Waals surface area (Å²) < 4.78 is 42.3. The average molecular weight is 657 g/mol. The molecule has 2 bridgehead atoms. The number of hydrogen-bond donors (Lipinski definition) is 2. The van der Waals surface area contributed by atoms with Crippen molar-refractivity contribution in [2.75, 3.05) is 24.6 Å². The van der Waals surface area contributed by atoms with Crippen molar-refractivity contribution in [2.24, 2.45) is 17.8 Å². The van der Waals surface area contributed by atoms with Gasteiger partial charge in [0.05, 0.1) is 23.1 Å². The molecule has 1 saturated carbocycles. The Morgan fingerprint density at radius 1 is 1.07 bits per heavy atom. The van der Waals surface area contributed by atoms with Crippen LogP contribution in [0.3, 0.4) is 0 Å². The molecule has 6 rings (SSSR count). The number of amides is 1. The van der Waals surface area contributed by atoms with Crippen LogP contribution in [0.15, 0.2) is 48.6 Å². The van der Waals surface area contributed by atoms with Crippen molar-refractivity contribution in [1.29, 1.82) is 0 Å². The molecule has 2 aromatic carbocycles. The zero-order valence-electron chi connectivity index (χ0n) is 26.0. The monoisotopic (exact) mass is 656 g/mol. The highest BCUT2D eigenvalue weighted by Gasteiger charge is 2.38. The number of nitrogens with one attached hydrogen (secondary N) is 1. The van der Waals surface area contributed by atoms with Gasteiger partial charge in [-0.1, -0.05) is 36.7 Å². The summed E-state index contributed by atoms with van der Waals surface area (Å²) in [5.41, 5.74) is 3.28. The number of halogens is 1. The molecule has 0 spiro atoms. The number of aliphatic hydroxyl groups excluding tert-OH is 1. The Labute approximate surface area is 272 Å². The number of rotatable bonds is 2. The van der Waals surface area contributed by atoms with Gasteiger partial charge in [-0.05, 0) is 117 Å². The van der Waals surface area contributed by atoms with E-state index in [-0.39, 0.29) is 29.4 Å². The maximum absolute atomic E-state index is 13.8. The first-order chi connectivity index (χ1) is 21.7. The second-order valence-corrected chi connectivity index (χ2v) is 15.6. The van der Waals surface area contributed by atoms with E-state index in [1.165, 1.54) is 5.56 Å². The highest BCUT2D eigenvalue weighted by atomic mass is 35.5. The Kier molecular flexibility index (Phi) is 10.1. The zero-order valence-corrected chi connectivity index (χ0v) is 27.6. The van der Waals surface area contributed by atoms with Crippen LogP contribution >= 0.6 is 11.6 Å². The molecule has 6 atom stereocenters. The lowest BCUT2D eigenvalue weighted by Crippen LogP contribution is -2.44. The van der Waals surface area contributed by atoms with E-state index in [2.05, 4.69) is 9.62 Å². The summed E-state index contributed by atoms with van der Waals surface area (Å²) in [6.45, 7) is 4.33. The number of ether oxygens (including phenoxy) is 2. The minimum absolute atomic E-state index is 0.122. The third kappa shape index (κ3) is 7.53. The molecule has 1 saturated heterocycles. The largest absolute Gasteiger partial charge is 0.487 e. The molecule has 8 nitrogen and oxygen atoms in total. The van der Waals surface area contributed by atoms with E-state index < -0.39 is 27.3 Å². The third-order valence-electron chi connectivity index (χ3n) is 10.2. The van der Waals surface area contributed by atoms with Crippen molar-refractivity contribution < 1.29 is 27.8 Å². The summed E-state index contributed by atoms with van der Waals surface area (Å²) in [7, 11) is -4.04. The van der Waals surface area contributed by atoms with Gasteiger partial charge in [0.25, 0.3) is 5.91 Å². The molecule has 45 heavy (non-hydrogen) atoms.